The first kappa shape index (κ1) is 12.0. The SMILES string of the molecule is CC(C)(CNCC(F)(F)F)n1ccnc1. The molecule has 1 aromatic rings. The molecule has 1 N–H and O–H groups in total. The maximum absolute atomic E-state index is 11.9. The first-order chi connectivity index (χ1) is 6.81. The summed E-state index contributed by atoms with van der Waals surface area (Å²) in [5.41, 5.74) is -0.415. The summed E-state index contributed by atoms with van der Waals surface area (Å²) in [6, 6.07) is 0. The van der Waals surface area contributed by atoms with Crippen molar-refractivity contribution in [2.24, 2.45) is 0 Å². The molecule has 0 saturated carbocycles. The van der Waals surface area contributed by atoms with Crippen molar-refractivity contribution in [3.8, 4) is 0 Å². The van der Waals surface area contributed by atoms with Crippen molar-refractivity contribution < 1.29 is 13.2 Å². The molecule has 0 aliphatic rings. The largest absolute Gasteiger partial charge is 0.401 e. The predicted octanol–water partition coefficient (Wildman–Crippen LogP) is 1.77. The third-order valence-corrected chi connectivity index (χ3v) is 2.09. The normalized spacial score (nSPS) is 13.1. The van der Waals surface area contributed by atoms with Crippen LogP contribution in [0.25, 0.3) is 0 Å². The number of hydrogen-bond acceptors (Lipinski definition) is 2. The molecule has 0 radical (unpaired) electrons. The lowest BCUT2D eigenvalue weighted by Crippen LogP contribution is -2.41. The second kappa shape index (κ2) is 4.22. The van der Waals surface area contributed by atoms with Crippen LogP contribution in [-0.4, -0.2) is 28.8 Å². The highest BCUT2D eigenvalue weighted by Crippen LogP contribution is 2.15. The van der Waals surface area contributed by atoms with Gasteiger partial charge in [-0.2, -0.15) is 13.2 Å². The van der Waals surface area contributed by atoms with Crippen molar-refractivity contribution in [2.45, 2.75) is 25.6 Å². The Morgan fingerprint density at radius 1 is 1.27 bits per heavy atom. The Morgan fingerprint density at radius 2 is 1.93 bits per heavy atom. The standard InChI is InChI=1S/C9H14F3N3/c1-8(2,15-4-3-13-7-15)5-14-6-9(10,11)12/h3-4,7,14H,5-6H2,1-2H3. The van der Waals surface area contributed by atoms with Crippen molar-refractivity contribution >= 4 is 0 Å². The fraction of sp³-hybridized carbons (Fsp3) is 0.667. The lowest BCUT2D eigenvalue weighted by atomic mass is 10.1. The highest BCUT2D eigenvalue weighted by atomic mass is 19.4. The van der Waals surface area contributed by atoms with Crippen LogP contribution in [0.15, 0.2) is 18.7 Å². The zero-order valence-electron chi connectivity index (χ0n) is 8.67. The lowest BCUT2D eigenvalue weighted by Gasteiger charge is -2.27. The monoisotopic (exact) mass is 221 g/mol. The van der Waals surface area contributed by atoms with Gasteiger partial charge in [-0.3, -0.25) is 0 Å². The number of nitrogens with one attached hydrogen (secondary N) is 1. The van der Waals surface area contributed by atoms with E-state index < -0.39 is 18.3 Å². The van der Waals surface area contributed by atoms with Crippen molar-refractivity contribution in [2.75, 3.05) is 13.1 Å². The molecule has 0 saturated heterocycles. The van der Waals surface area contributed by atoms with E-state index in [0.29, 0.717) is 0 Å². The van der Waals surface area contributed by atoms with Crippen LogP contribution < -0.4 is 5.32 Å². The smallest absolute Gasteiger partial charge is 0.331 e. The molecule has 1 aromatic heterocycles. The fourth-order valence-electron chi connectivity index (χ4n) is 1.22. The van der Waals surface area contributed by atoms with Crippen molar-refractivity contribution in [1.29, 1.82) is 0 Å². The van der Waals surface area contributed by atoms with Crippen LogP contribution in [0.2, 0.25) is 0 Å². The molecule has 3 nitrogen and oxygen atoms in total. The van der Waals surface area contributed by atoms with Crippen molar-refractivity contribution in [3.63, 3.8) is 0 Å². The number of alkyl halides is 3. The first-order valence-electron chi connectivity index (χ1n) is 4.57. The Morgan fingerprint density at radius 3 is 2.40 bits per heavy atom. The molecule has 0 aliphatic heterocycles. The van der Waals surface area contributed by atoms with Crippen LogP contribution in [0.5, 0.6) is 0 Å². The van der Waals surface area contributed by atoms with Crippen LogP contribution in [0.1, 0.15) is 13.8 Å². The Bertz CT molecular complexity index is 290. The van der Waals surface area contributed by atoms with Gasteiger partial charge in [-0.15, -0.1) is 0 Å². The van der Waals surface area contributed by atoms with Crippen molar-refractivity contribution in [3.05, 3.63) is 18.7 Å². The molecule has 0 aromatic carbocycles. The molecule has 0 bridgehead atoms. The van der Waals surface area contributed by atoms with Gasteiger partial charge < -0.3 is 9.88 Å². The van der Waals surface area contributed by atoms with E-state index in [1.807, 2.05) is 13.8 Å². The number of rotatable bonds is 4. The highest BCUT2D eigenvalue weighted by Gasteiger charge is 2.28. The number of aromatic nitrogens is 2. The fourth-order valence-corrected chi connectivity index (χ4v) is 1.22. The number of imidazole rings is 1. The molecule has 15 heavy (non-hydrogen) atoms. The number of nitrogens with zero attached hydrogens (tertiary/aromatic N) is 2. The van der Waals surface area contributed by atoms with Gasteiger partial charge in [-0.1, -0.05) is 0 Å². The Labute approximate surface area is 86.3 Å². The van der Waals surface area contributed by atoms with Crippen LogP contribution in [0.3, 0.4) is 0 Å². The quantitative estimate of drug-likeness (QED) is 0.839. The second-order valence-electron chi connectivity index (χ2n) is 4.00. The van der Waals surface area contributed by atoms with Gasteiger partial charge in [0.2, 0.25) is 0 Å². The van der Waals surface area contributed by atoms with Crippen LogP contribution in [0, 0.1) is 0 Å². The molecule has 0 fully saturated rings. The zero-order chi connectivity index (χ0) is 11.5. The molecular weight excluding hydrogens is 207 g/mol. The minimum Gasteiger partial charge on any atom is -0.331 e. The highest BCUT2D eigenvalue weighted by molar-refractivity contribution is 4.87. The van der Waals surface area contributed by atoms with Crippen LogP contribution in [0.4, 0.5) is 13.2 Å². The average Bonchev–Trinajstić information content (AvgIpc) is 2.52. The summed E-state index contributed by atoms with van der Waals surface area (Å²) in [5.74, 6) is 0. The number of halogens is 3. The Kier molecular flexibility index (Phi) is 3.38. The maximum atomic E-state index is 11.9. The van der Waals surface area contributed by atoms with Gasteiger partial charge in [0.25, 0.3) is 0 Å². The van der Waals surface area contributed by atoms with Gasteiger partial charge in [0.15, 0.2) is 0 Å². The van der Waals surface area contributed by atoms with Crippen molar-refractivity contribution in [1.82, 2.24) is 14.9 Å². The maximum Gasteiger partial charge on any atom is 0.401 e. The Balaban J connectivity index is 2.44. The van der Waals surface area contributed by atoms with Gasteiger partial charge in [0.05, 0.1) is 18.4 Å². The van der Waals surface area contributed by atoms with Gasteiger partial charge >= 0.3 is 6.18 Å². The molecule has 1 heterocycles. The van der Waals surface area contributed by atoms with E-state index in [2.05, 4.69) is 10.3 Å². The zero-order valence-corrected chi connectivity index (χ0v) is 8.67. The number of hydrogen-bond donors (Lipinski definition) is 1. The summed E-state index contributed by atoms with van der Waals surface area (Å²) in [6.07, 6.45) is 0.765. The van der Waals surface area contributed by atoms with E-state index in [1.54, 1.807) is 23.3 Å². The van der Waals surface area contributed by atoms with E-state index in [0.717, 1.165) is 0 Å². The molecule has 0 amide bonds. The van der Waals surface area contributed by atoms with Crippen LogP contribution >= 0.6 is 0 Å². The summed E-state index contributed by atoms with van der Waals surface area (Å²) >= 11 is 0. The Hall–Kier alpha value is -1.04. The average molecular weight is 221 g/mol. The summed E-state index contributed by atoms with van der Waals surface area (Å²) in [4.78, 5) is 3.86. The first-order valence-corrected chi connectivity index (χ1v) is 4.57. The minimum absolute atomic E-state index is 0.239. The minimum atomic E-state index is -4.16. The van der Waals surface area contributed by atoms with Gasteiger partial charge in [-0.25, -0.2) is 4.98 Å². The summed E-state index contributed by atoms with van der Waals surface area (Å²) < 4.78 is 37.4. The third kappa shape index (κ3) is 3.91. The van der Waals surface area contributed by atoms with Gasteiger partial charge in [0, 0.05) is 18.9 Å². The van der Waals surface area contributed by atoms with E-state index in [1.165, 1.54) is 0 Å². The van der Waals surface area contributed by atoms with E-state index in [9.17, 15) is 13.2 Å². The summed E-state index contributed by atoms with van der Waals surface area (Å²) in [5, 5.41) is 2.38. The molecule has 0 unspecified atom stereocenters. The second-order valence-corrected chi connectivity index (χ2v) is 4.00. The topological polar surface area (TPSA) is 29.9 Å². The molecular formula is C9H14F3N3. The predicted molar refractivity (Wildman–Crippen MR) is 50.5 cm³/mol. The summed E-state index contributed by atoms with van der Waals surface area (Å²) in [6.45, 7) is 2.96. The molecule has 86 valence electrons. The van der Waals surface area contributed by atoms with Crippen LogP contribution in [-0.2, 0) is 5.54 Å². The molecule has 6 heteroatoms. The third-order valence-electron chi connectivity index (χ3n) is 2.09. The summed E-state index contributed by atoms with van der Waals surface area (Å²) in [7, 11) is 0. The molecule has 0 aliphatic carbocycles. The van der Waals surface area contributed by atoms with Gasteiger partial charge in [0.1, 0.15) is 0 Å². The lowest BCUT2D eigenvalue weighted by molar-refractivity contribution is -0.125. The molecule has 0 spiro atoms. The molecule has 0 atom stereocenters. The molecule has 1 rings (SSSR count). The van der Waals surface area contributed by atoms with E-state index in [4.69, 9.17) is 0 Å². The van der Waals surface area contributed by atoms with E-state index >= 15 is 0 Å². The van der Waals surface area contributed by atoms with Gasteiger partial charge in [-0.05, 0) is 13.8 Å². The van der Waals surface area contributed by atoms with E-state index in [-0.39, 0.29) is 6.54 Å².